The molecule has 3 rings (SSSR count). The van der Waals surface area contributed by atoms with Crippen LogP contribution in [-0.4, -0.2) is 34.0 Å². The van der Waals surface area contributed by atoms with Crippen LogP contribution in [0.4, 0.5) is 0 Å². The first-order chi connectivity index (χ1) is 11.5. The van der Waals surface area contributed by atoms with Crippen LogP contribution in [-0.2, 0) is 7.05 Å². The van der Waals surface area contributed by atoms with Crippen LogP contribution in [0, 0.1) is 0 Å². The van der Waals surface area contributed by atoms with Crippen LogP contribution in [0.5, 0.6) is 11.5 Å². The molecule has 24 heavy (non-hydrogen) atoms. The number of ether oxygens (including phenoxy) is 2. The predicted octanol–water partition coefficient (Wildman–Crippen LogP) is 2.41. The Morgan fingerprint density at radius 1 is 1.29 bits per heavy atom. The van der Waals surface area contributed by atoms with Gasteiger partial charge in [0.1, 0.15) is 0 Å². The molecule has 0 fully saturated rings. The first-order valence-electron chi connectivity index (χ1n) is 7.04. The maximum Gasteiger partial charge on any atom is 0.259 e. The van der Waals surface area contributed by atoms with E-state index < -0.39 is 0 Å². The number of H-pyrrole nitrogens is 1. The molecule has 0 aliphatic rings. The number of nitrogens with zero attached hydrogens (tertiary/aromatic N) is 3. The fraction of sp³-hybridized carbons (Fsp3) is 0.188. The minimum Gasteiger partial charge on any atom is -0.493 e. The van der Waals surface area contributed by atoms with Gasteiger partial charge in [0.15, 0.2) is 17.3 Å². The monoisotopic (exact) mass is 346 g/mol. The van der Waals surface area contributed by atoms with Crippen molar-refractivity contribution < 1.29 is 9.47 Å². The van der Waals surface area contributed by atoms with Crippen molar-refractivity contribution in [1.29, 1.82) is 0 Å². The smallest absolute Gasteiger partial charge is 0.259 e. The molecular weight excluding hydrogens is 332 g/mol. The summed E-state index contributed by atoms with van der Waals surface area (Å²) in [5.74, 6) is 1.22. The average molecular weight is 347 g/mol. The summed E-state index contributed by atoms with van der Waals surface area (Å²) in [7, 11) is 4.83. The van der Waals surface area contributed by atoms with E-state index >= 15 is 0 Å². The van der Waals surface area contributed by atoms with Crippen LogP contribution in [0.1, 0.15) is 11.4 Å². The highest BCUT2D eigenvalue weighted by Crippen LogP contribution is 2.30. The van der Waals surface area contributed by atoms with E-state index in [0.717, 1.165) is 5.56 Å². The summed E-state index contributed by atoms with van der Waals surface area (Å²) in [6, 6.07) is 3.23. The van der Waals surface area contributed by atoms with Gasteiger partial charge in [-0.05, 0) is 12.1 Å². The van der Waals surface area contributed by atoms with Crippen LogP contribution in [0.15, 0.2) is 29.3 Å². The van der Waals surface area contributed by atoms with E-state index in [9.17, 15) is 4.79 Å². The van der Waals surface area contributed by atoms with Gasteiger partial charge < -0.3 is 14.5 Å². The van der Waals surface area contributed by atoms with Crippen molar-refractivity contribution in [2.75, 3.05) is 14.2 Å². The molecule has 8 heteroatoms. The molecule has 1 N–H and O–H groups in total. The highest BCUT2D eigenvalue weighted by atomic mass is 35.5. The summed E-state index contributed by atoms with van der Waals surface area (Å²) in [5, 5.41) is 4.76. The molecule has 0 aliphatic carbocycles. The molecule has 2 heterocycles. The number of hydrogen-bond donors (Lipinski definition) is 1. The van der Waals surface area contributed by atoms with Crippen LogP contribution in [0.2, 0.25) is 0 Å². The Balaban J connectivity index is 2.13. The van der Waals surface area contributed by atoms with Gasteiger partial charge in [-0.15, -0.1) is 0 Å². The van der Waals surface area contributed by atoms with Gasteiger partial charge in [-0.3, -0.25) is 9.48 Å². The molecule has 0 amide bonds. The van der Waals surface area contributed by atoms with Gasteiger partial charge in [0, 0.05) is 24.9 Å². The number of benzene rings is 1. The largest absolute Gasteiger partial charge is 0.493 e. The molecule has 0 saturated carbocycles. The standard InChI is InChI=1S/C16H15ClN4O3/c1-21-8-9(7-18-21)4-11(17)15-19-12-6-14(24-3)13(23-2)5-10(12)16(22)20-15/h4-8H,1-3H3,(H,19,20,22)/b11-4-. The molecular formula is C16H15ClN4O3. The third kappa shape index (κ3) is 2.98. The van der Waals surface area contributed by atoms with E-state index in [0.29, 0.717) is 27.4 Å². The summed E-state index contributed by atoms with van der Waals surface area (Å²) in [5.41, 5.74) is 0.954. The normalized spacial score (nSPS) is 11.8. The first kappa shape index (κ1) is 16.1. The van der Waals surface area contributed by atoms with Crippen molar-refractivity contribution in [3.8, 4) is 11.5 Å². The van der Waals surface area contributed by atoms with Crippen molar-refractivity contribution >= 4 is 33.6 Å². The maximum absolute atomic E-state index is 12.3. The van der Waals surface area contributed by atoms with Crippen molar-refractivity contribution in [1.82, 2.24) is 19.7 Å². The molecule has 0 bridgehead atoms. The van der Waals surface area contributed by atoms with Gasteiger partial charge in [0.25, 0.3) is 5.56 Å². The van der Waals surface area contributed by atoms with Gasteiger partial charge in [-0.25, -0.2) is 4.98 Å². The molecule has 3 aromatic rings. The zero-order valence-electron chi connectivity index (χ0n) is 13.3. The highest BCUT2D eigenvalue weighted by molar-refractivity contribution is 6.50. The van der Waals surface area contributed by atoms with Crippen molar-refractivity contribution in [3.05, 3.63) is 46.3 Å². The van der Waals surface area contributed by atoms with Gasteiger partial charge >= 0.3 is 0 Å². The van der Waals surface area contributed by atoms with Crippen molar-refractivity contribution in [3.63, 3.8) is 0 Å². The summed E-state index contributed by atoms with van der Waals surface area (Å²) in [6.45, 7) is 0. The number of halogens is 1. The lowest BCUT2D eigenvalue weighted by molar-refractivity contribution is 0.355. The number of fused-ring (bicyclic) bond motifs is 1. The Morgan fingerprint density at radius 2 is 2.00 bits per heavy atom. The highest BCUT2D eigenvalue weighted by Gasteiger charge is 2.12. The molecule has 0 saturated heterocycles. The molecule has 7 nitrogen and oxygen atoms in total. The second-order valence-electron chi connectivity index (χ2n) is 5.08. The third-order valence-corrected chi connectivity index (χ3v) is 3.74. The average Bonchev–Trinajstić information content (AvgIpc) is 2.98. The zero-order valence-corrected chi connectivity index (χ0v) is 14.1. The van der Waals surface area contributed by atoms with Crippen LogP contribution in [0.3, 0.4) is 0 Å². The number of nitrogens with one attached hydrogen (secondary N) is 1. The van der Waals surface area contributed by atoms with Gasteiger partial charge in [-0.2, -0.15) is 5.10 Å². The van der Waals surface area contributed by atoms with E-state index in [1.807, 2.05) is 0 Å². The Morgan fingerprint density at radius 3 is 2.62 bits per heavy atom. The predicted molar refractivity (Wildman–Crippen MR) is 92.4 cm³/mol. The lowest BCUT2D eigenvalue weighted by Crippen LogP contribution is -2.11. The fourth-order valence-electron chi connectivity index (χ4n) is 2.31. The zero-order chi connectivity index (χ0) is 17.3. The number of methoxy groups -OCH3 is 2. The summed E-state index contributed by atoms with van der Waals surface area (Å²) in [4.78, 5) is 19.4. The molecule has 0 radical (unpaired) electrons. The van der Waals surface area contributed by atoms with E-state index in [2.05, 4.69) is 15.1 Å². The van der Waals surface area contributed by atoms with E-state index in [1.54, 1.807) is 42.3 Å². The number of aromatic amines is 1. The SMILES string of the molecule is COc1cc2nc(/C(Cl)=C/c3cnn(C)c3)[nH]c(=O)c2cc1OC. The molecule has 0 aliphatic heterocycles. The summed E-state index contributed by atoms with van der Waals surface area (Å²) < 4.78 is 12.1. The number of rotatable bonds is 4. The van der Waals surface area contributed by atoms with Crippen LogP contribution < -0.4 is 15.0 Å². The Hall–Kier alpha value is -2.80. The molecule has 124 valence electrons. The van der Waals surface area contributed by atoms with Crippen molar-refractivity contribution in [2.24, 2.45) is 7.05 Å². The number of aromatic nitrogens is 4. The van der Waals surface area contributed by atoms with Gasteiger partial charge in [0.2, 0.25) is 0 Å². The van der Waals surface area contributed by atoms with Crippen molar-refractivity contribution in [2.45, 2.75) is 0 Å². The molecule has 2 aromatic heterocycles. The molecule has 0 atom stereocenters. The van der Waals surface area contributed by atoms with Crippen LogP contribution >= 0.6 is 11.6 Å². The van der Waals surface area contributed by atoms with E-state index in [-0.39, 0.29) is 11.4 Å². The summed E-state index contributed by atoms with van der Waals surface area (Å²) in [6.07, 6.45) is 5.14. The minimum atomic E-state index is -0.311. The topological polar surface area (TPSA) is 82.0 Å². The first-order valence-corrected chi connectivity index (χ1v) is 7.42. The molecule has 0 unspecified atom stereocenters. The maximum atomic E-state index is 12.3. The lowest BCUT2D eigenvalue weighted by Gasteiger charge is -2.09. The second kappa shape index (κ2) is 6.37. The fourth-order valence-corrected chi connectivity index (χ4v) is 2.52. The lowest BCUT2D eigenvalue weighted by atomic mass is 10.2. The third-order valence-electron chi connectivity index (χ3n) is 3.46. The Bertz CT molecular complexity index is 991. The Labute approximate surface area is 142 Å². The van der Waals surface area contributed by atoms with Crippen LogP contribution in [0.25, 0.3) is 22.0 Å². The number of hydrogen-bond acceptors (Lipinski definition) is 5. The van der Waals surface area contributed by atoms with E-state index in [4.69, 9.17) is 21.1 Å². The quantitative estimate of drug-likeness (QED) is 0.784. The number of aryl methyl sites for hydroxylation is 1. The molecule has 1 aromatic carbocycles. The minimum absolute atomic E-state index is 0.269. The Kier molecular flexibility index (Phi) is 4.26. The van der Waals surface area contributed by atoms with Gasteiger partial charge in [0.05, 0.1) is 36.4 Å². The summed E-state index contributed by atoms with van der Waals surface area (Å²) >= 11 is 6.29. The second-order valence-corrected chi connectivity index (χ2v) is 5.49. The van der Waals surface area contributed by atoms with E-state index in [1.165, 1.54) is 14.2 Å². The van der Waals surface area contributed by atoms with Gasteiger partial charge in [-0.1, -0.05) is 11.6 Å². The molecule has 0 spiro atoms.